The number of aryl methyl sites for hydroxylation is 1. The molecular weight excluding hydrogens is 272 g/mol. The van der Waals surface area contributed by atoms with Crippen molar-refractivity contribution in [2.45, 2.75) is 65.4 Å². The van der Waals surface area contributed by atoms with Gasteiger partial charge in [-0.1, -0.05) is 20.8 Å². The van der Waals surface area contributed by atoms with Gasteiger partial charge in [-0.3, -0.25) is 14.3 Å². The Morgan fingerprint density at radius 2 is 1.90 bits per heavy atom. The van der Waals surface area contributed by atoms with Crippen LogP contribution in [0.2, 0.25) is 18.1 Å². The quantitative estimate of drug-likeness (QED) is 0.867. The largest absolute Gasteiger partial charge is 0.412 e. The fourth-order valence-electron chi connectivity index (χ4n) is 1.75. The van der Waals surface area contributed by atoms with Crippen LogP contribution in [0.3, 0.4) is 0 Å². The fourth-order valence-corrected chi connectivity index (χ4v) is 3.18. The highest BCUT2D eigenvalue weighted by molar-refractivity contribution is 6.74. The van der Waals surface area contributed by atoms with E-state index in [1.165, 1.54) is 4.57 Å². The lowest BCUT2D eigenvalue weighted by atomic mass is 10.2. The first-order valence-corrected chi connectivity index (χ1v) is 9.83. The second-order valence-corrected chi connectivity index (χ2v) is 11.7. The van der Waals surface area contributed by atoms with Crippen molar-refractivity contribution in [2.75, 3.05) is 0 Å². The van der Waals surface area contributed by atoms with Gasteiger partial charge in [0.05, 0.1) is 12.6 Å². The van der Waals surface area contributed by atoms with Crippen molar-refractivity contribution in [3.63, 3.8) is 0 Å². The number of nitrogens with one attached hydrogen (secondary N) is 1. The third-order valence-corrected chi connectivity index (χ3v) is 8.55. The molecule has 0 aliphatic heterocycles. The Labute approximate surface area is 121 Å². The van der Waals surface area contributed by atoms with Gasteiger partial charge in [0, 0.05) is 11.8 Å². The first-order chi connectivity index (χ1) is 8.94. The molecule has 0 saturated carbocycles. The summed E-state index contributed by atoms with van der Waals surface area (Å²) in [5, 5.41) is 0.132. The van der Waals surface area contributed by atoms with Crippen LogP contribution < -0.4 is 11.2 Å². The van der Waals surface area contributed by atoms with Gasteiger partial charge in [0.2, 0.25) is 0 Å². The molecule has 0 aliphatic rings. The third kappa shape index (κ3) is 3.93. The molecule has 1 atom stereocenters. The SMILES string of the molecule is Cc1cn(CC(C)O[Si](C)(C)C(C)(C)C)c(=O)[nH]c1=O. The molecule has 1 rings (SSSR count). The molecule has 0 bridgehead atoms. The maximum atomic E-state index is 11.8. The zero-order valence-electron chi connectivity index (χ0n) is 13.5. The van der Waals surface area contributed by atoms with Crippen LogP contribution in [-0.4, -0.2) is 24.0 Å². The van der Waals surface area contributed by atoms with Gasteiger partial charge in [-0.2, -0.15) is 0 Å². The molecule has 0 saturated heterocycles. The van der Waals surface area contributed by atoms with Crippen LogP contribution in [0.15, 0.2) is 15.8 Å². The lowest BCUT2D eigenvalue weighted by molar-refractivity contribution is 0.177. The highest BCUT2D eigenvalue weighted by Crippen LogP contribution is 2.37. The standard InChI is InChI=1S/C14H26N2O3Si/c1-10-8-16(13(18)15-12(10)17)9-11(2)19-20(6,7)14(3,4)5/h8,11H,9H2,1-7H3,(H,15,17,18). The van der Waals surface area contributed by atoms with Gasteiger partial charge in [0.15, 0.2) is 8.32 Å². The average molecular weight is 298 g/mol. The lowest BCUT2D eigenvalue weighted by Crippen LogP contribution is -2.45. The van der Waals surface area contributed by atoms with Crippen LogP contribution in [0.5, 0.6) is 0 Å². The van der Waals surface area contributed by atoms with Crippen molar-refractivity contribution in [1.29, 1.82) is 0 Å². The molecule has 20 heavy (non-hydrogen) atoms. The number of nitrogens with zero attached hydrogens (tertiary/aromatic N) is 1. The molecule has 1 heterocycles. The van der Waals surface area contributed by atoms with E-state index in [0.717, 1.165) is 0 Å². The van der Waals surface area contributed by atoms with E-state index in [2.05, 4.69) is 38.8 Å². The van der Waals surface area contributed by atoms with Crippen LogP contribution in [0.1, 0.15) is 33.3 Å². The number of hydrogen-bond donors (Lipinski definition) is 1. The van der Waals surface area contributed by atoms with E-state index in [0.29, 0.717) is 12.1 Å². The van der Waals surface area contributed by atoms with Crippen molar-refractivity contribution in [1.82, 2.24) is 9.55 Å². The van der Waals surface area contributed by atoms with E-state index in [9.17, 15) is 9.59 Å². The van der Waals surface area contributed by atoms with Crippen molar-refractivity contribution in [2.24, 2.45) is 0 Å². The number of rotatable bonds is 4. The van der Waals surface area contributed by atoms with Crippen molar-refractivity contribution < 1.29 is 4.43 Å². The summed E-state index contributed by atoms with van der Waals surface area (Å²) in [7, 11) is -1.85. The summed E-state index contributed by atoms with van der Waals surface area (Å²) >= 11 is 0. The smallest absolute Gasteiger partial charge is 0.328 e. The summed E-state index contributed by atoms with van der Waals surface area (Å²) < 4.78 is 7.73. The second-order valence-electron chi connectivity index (χ2n) is 6.91. The Hall–Kier alpha value is -1.14. The molecule has 1 unspecified atom stereocenters. The predicted octanol–water partition coefficient (Wildman–Crippen LogP) is 2.26. The van der Waals surface area contributed by atoms with Gasteiger partial charge in [0.1, 0.15) is 0 Å². The summed E-state index contributed by atoms with van der Waals surface area (Å²) in [6, 6.07) is 0. The zero-order chi connectivity index (χ0) is 15.7. The Balaban J connectivity index is 2.88. The number of hydrogen-bond acceptors (Lipinski definition) is 3. The topological polar surface area (TPSA) is 64.1 Å². The fraction of sp³-hybridized carbons (Fsp3) is 0.714. The first kappa shape index (κ1) is 16.9. The van der Waals surface area contributed by atoms with Crippen LogP contribution in [0.4, 0.5) is 0 Å². The van der Waals surface area contributed by atoms with E-state index in [4.69, 9.17) is 4.43 Å². The highest BCUT2D eigenvalue weighted by Gasteiger charge is 2.38. The van der Waals surface area contributed by atoms with Gasteiger partial charge >= 0.3 is 5.69 Å². The molecule has 0 fully saturated rings. The molecule has 0 radical (unpaired) electrons. The van der Waals surface area contributed by atoms with Crippen LogP contribution in [0.25, 0.3) is 0 Å². The van der Waals surface area contributed by atoms with E-state index >= 15 is 0 Å². The van der Waals surface area contributed by atoms with Gasteiger partial charge in [0.25, 0.3) is 5.56 Å². The number of aromatic amines is 1. The van der Waals surface area contributed by atoms with Gasteiger partial charge in [-0.05, 0) is 32.0 Å². The summed E-state index contributed by atoms with van der Waals surface area (Å²) in [6.07, 6.45) is 1.52. The molecule has 0 aromatic carbocycles. The van der Waals surface area contributed by atoms with Gasteiger partial charge < -0.3 is 4.43 Å². The summed E-state index contributed by atoms with van der Waals surface area (Å²) in [6.45, 7) is 15.0. The normalized spacial score (nSPS) is 14.3. The summed E-state index contributed by atoms with van der Waals surface area (Å²) in [4.78, 5) is 25.4. The van der Waals surface area contributed by atoms with Crippen molar-refractivity contribution in [3.05, 3.63) is 32.6 Å². The van der Waals surface area contributed by atoms with Crippen LogP contribution in [-0.2, 0) is 11.0 Å². The molecule has 114 valence electrons. The maximum Gasteiger partial charge on any atom is 0.328 e. The number of aromatic nitrogens is 2. The minimum Gasteiger partial charge on any atom is -0.412 e. The Morgan fingerprint density at radius 1 is 1.35 bits per heavy atom. The van der Waals surface area contributed by atoms with E-state index in [1.54, 1.807) is 13.1 Å². The highest BCUT2D eigenvalue weighted by atomic mass is 28.4. The molecular formula is C14H26N2O3Si. The Morgan fingerprint density at radius 3 is 2.40 bits per heavy atom. The molecule has 1 N–H and O–H groups in total. The summed E-state index contributed by atoms with van der Waals surface area (Å²) in [5.41, 5.74) is -0.181. The average Bonchev–Trinajstić information content (AvgIpc) is 2.23. The monoisotopic (exact) mass is 298 g/mol. The minimum atomic E-state index is -1.85. The van der Waals surface area contributed by atoms with Gasteiger partial charge in [-0.25, -0.2) is 4.79 Å². The number of H-pyrrole nitrogens is 1. The van der Waals surface area contributed by atoms with Crippen molar-refractivity contribution in [3.8, 4) is 0 Å². The van der Waals surface area contributed by atoms with E-state index in [-0.39, 0.29) is 22.4 Å². The first-order valence-electron chi connectivity index (χ1n) is 6.92. The predicted molar refractivity (Wildman–Crippen MR) is 83.8 cm³/mol. The molecule has 1 aromatic heterocycles. The molecule has 1 aromatic rings. The van der Waals surface area contributed by atoms with E-state index < -0.39 is 8.32 Å². The van der Waals surface area contributed by atoms with Crippen LogP contribution >= 0.6 is 0 Å². The van der Waals surface area contributed by atoms with Crippen molar-refractivity contribution >= 4 is 8.32 Å². The lowest BCUT2D eigenvalue weighted by Gasteiger charge is -2.38. The molecule has 0 aliphatic carbocycles. The third-order valence-electron chi connectivity index (χ3n) is 3.94. The molecule has 0 amide bonds. The molecule has 5 nitrogen and oxygen atoms in total. The van der Waals surface area contributed by atoms with Crippen LogP contribution in [0, 0.1) is 6.92 Å². The summed E-state index contributed by atoms with van der Waals surface area (Å²) in [5.74, 6) is 0. The Kier molecular flexibility index (Phi) is 4.81. The molecule has 6 heteroatoms. The van der Waals surface area contributed by atoms with E-state index in [1.807, 2.05) is 6.92 Å². The zero-order valence-corrected chi connectivity index (χ0v) is 14.5. The Bertz CT molecular complexity index is 581. The minimum absolute atomic E-state index is 0.0705. The van der Waals surface area contributed by atoms with Gasteiger partial charge in [-0.15, -0.1) is 0 Å². The molecule has 0 spiro atoms. The second kappa shape index (κ2) is 5.69. The maximum absolute atomic E-state index is 11.8.